The summed E-state index contributed by atoms with van der Waals surface area (Å²) in [5.74, 6) is 1.97. The molecular formula is C16H21NO2. The Morgan fingerprint density at radius 1 is 1.21 bits per heavy atom. The van der Waals surface area contributed by atoms with Crippen LogP contribution in [0.5, 0.6) is 5.75 Å². The van der Waals surface area contributed by atoms with Gasteiger partial charge in [0.05, 0.1) is 12.9 Å². The van der Waals surface area contributed by atoms with E-state index in [1.165, 1.54) is 5.56 Å². The molecule has 1 aromatic carbocycles. The first-order valence-corrected chi connectivity index (χ1v) is 6.76. The summed E-state index contributed by atoms with van der Waals surface area (Å²) in [6, 6.07) is 12.4. The molecule has 0 spiro atoms. The van der Waals surface area contributed by atoms with E-state index in [1.54, 1.807) is 6.26 Å². The van der Waals surface area contributed by atoms with Gasteiger partial charge in [-0.05, 0) is 32.0 Å². The van der Waals surface area contributed by atoms with Gasteiger partial charge in [0.1, 0.15) is 11.5 Å². The van der Waals surface area contributed by atoms with Gasteiger partial charge >= 0.3 is 0 Å². The highest BCUT2D eigenvalue weighted by molar-refractivity contribution is 5.33. The third kappa shape index (κ3) is 4.14. The van der Waals surface area contributed by atoms with Gasteiger partial charge in [-0.3, -0.25) is 0 Å². The number of hydrogen-bond acceptors (Lipinski definition) is 3. The number of rotatable bonds is 7. The van der Waals surface area contributed by atoms with Crippen LogP contribution in [0.15, 0.2) is 47.1 Å². The lowest BCUT2D eigenvalue weighted by atomic mass is 10.1. The van der Waals surface area contributed by atoms with Crippen LogP contribution >= 0.6 is 0 Å². The maximum Gasteiger partial charge on any atom is 0.123 e. The number of nitrogens with one attached hydrogen (secondary N) is 1. The molecule has 1 N–H and O–H groups in total. The fraction of sp³-hybridized carbons (Fsp3) is 0.375. The minimum atomic E-state index is 0.362. The second kappa shape index (κ2) is 7.00. The van der Waals surface area contributed by atoms with E-state index in [9.17, 15) is 0 Å². The largest absolute Gasteiger partial charge is 0.494 e. The fourth-order valence-corrected chi connectivity index (χ4v) is 2.03. The third-order valence-electron chi connectivity index (χ3n) is 3.00. The first-order valence-electron chi connectivity index (χ1n) is 6.76. The van der Waals surface area contributed by atoms with Gasteiger partial charge in [0.15, 0.2) is 0 Å². The Morgan fingerprint density at radius 3 is 2.79 bits per heavy atom. The summed E-state index contributed by atoms with van der Waals surface area (Å²) in [6.45, 7) is 5.66. The highest BCUT2D eigenvalue weighted by Crippen LogP contribution is 2.17. The maximum absolute atomic E-state index is 5.62. The predicted molar refractivity (Wildman–Crippen MR) is 76.3 cm³/mol. The number of furan rings is 1. The molecule has 0 saturated heterocycles. The molecule has 2 rings (SSSR count). The molecule has 3 nitrogen and oxygen atoms in total. The van der Waals surface area contributed by atoms with E-state index in [0.29, 0.717) is 12.6 Å². The van der Waals surface area contributed by atoms with Crippen LogP contribution in [0, 0.1) is 0 Å². The average molecular weight is 259 g/mol. The minimum absolute atomic E-state index is 0.362. The Labute approximate surface area is 114 Å². The van der Waals surface area contributed by atoms with Crippen LogP contribution in [-0.2, 0) is 13.0 Å². The lowest BCUT2D eigenvalue weighted by molar-refractivity contribution is 0.334. The maximum atomic E-state index is 5.62. The number of ether oxygens (including phenoxy) is 1. The molecule has 1 heterocycles. The summed E-state index contributed by atoms with van der Waals surface area (Å²) in [7, 11) is 0. The SMILES string of the molecule is CCOc1ccccc1CNC(C)Cc1ccco1. The summed E-state index contributed by atoms with van der Waals surface area (Å²) in [5, 5.41) is 3.50. The van der Waals surface area contributed by atoms with Crippen LogP contribution in [0.4, 0.5) is 0 Å². The van der Waals surface area contributed by atoms with Crippen LogP contribution < -0.4 is 10.1 Å². The molecule has 0 radical (unpaired) electrons. The summed E-state index contributed by atoms with van der Waals surface area (Å²) < 4.78 is 11.0. The van der Waals surface area contributed by atoms with Crippen molar-refractivity contribution in [3.05, 3.63) is 54.0 Å². The monoisotopic (exact) mass is 259 g/mol. The van der Waals surface area contributed by atoms with Crippen molar-refractivity contribution in [2.45, 2.75) is 32.9 Å². The fourth-order valence-electron chi connectivity index (χ4n) is 2.03. The Morgan fingerprint density at radius 2 is 2.05 bits per heavy atom. The Bertz CT molecular complexity index is 479. The second-order valence-electron chi connectivity index (χ2n) is 4.61. The van der Waals surface area contributed by atoms with Crippen LogP contribution in [-0.4, -0.2) is 12.6 Å². The van der Waals surface area contributed by atoms with E-state index >= 15 is 0 Å². The summed E-state index contributed by atoms with van der Waals surface area (Å²) in [6.07, 6.45) is 2.61. The Balaban J connectivity index is 1.87. The van der Waals surface area contributed by atoms with Crippen molar-refractivity contribution in [1.29, 1.82) is 0 Å². The first kappa shape index (κ1) is 13.7. The van der Waals surface area contributed by atoms with Crippen LogP contribution in [0.2, 0.25) is 0 Å². The van der Waals surface area contributed by atoms with Gasteiger partial charge in [0.25, 0.3) is 0 Å². The van der Waals surface area contributed by atoms with E-state index < -0.39 is 0 Å². The molecule has 0 aliphatic rings. The predicted octanol–water partition coefficient (Wildman–Crippen LogP) is 3.40. The molecule has 0 aliphatic carbocycles. The molecule has 1 unspecified atom stereocenters. The molecule has 1 aromatic heterocycles. The zero-order valence-electron chi connectivity index (χ0n) is 11.6. The zero-order chi connectivity index (χ0) is 13.5. The molecule has 2 aromatic rings. The van der Waals surface area contributed by atoms with E-state index in [1.807, 2.05) is 37.3 Å². The Hall–Kier alpha value is -1.74. The van der Waals surface area contributed by atoms with Gasteiger partial charge in [-0.25, -0.2) is 0 Å². The van der Waals surface area contributed by atoms with E-state index in [2.05, 4.69) is 18.3 Å². The standard InChI is InChI=1S/C16H21NO2/c1-3-18-16-9-5-4-7-14(16)12-17-13(2)11-15-8-6-10-19-15/h4-10,13,17H,3,11-12H2,1-2H3. The summed E-state index contributed by atoms with van der Waals surface area (Å²) in [4.78, 5) is 0. The lowest BCUT2D eigenvalue weighted by Crippen LogP contribution is -2.27. The van der Waals surface area contributed by atoms with Crippen molar-refractivity contribution in [3.63, 3.8) is 0 Å². The summed E-state index contributed by atoms with van der Waals surface area (Å²) in [5.41, 5.74) is 1.19. The summed E-state index contributed by atoms with van der Waals surface area (Å²) >= 11 is 0. The van der Waals surface area contributed by atoms with Crippen molar-refractivity contribution in [2.24, 2.45) is 0 Å². The second-order valence-corrected chi connectivity index (χ2v) is 4.61. The number of benzene rings is 1. The highest BCUT2D eigenvalue weighted by atomic mass is 16.5. The van der Waals surface area contributed by atoms with Gasteiger partial charge < -0.3 is 14.5 Å². The van der Waals surface area contributed by atoms with Gasteiger partial charge in [0.2, 0.25) is 0 Å². The van der Waals surface area contributed by atoms with Crippen molar-refractivity contribution in [1.82, 2.24) is 5.32 Å². The first-order chi connectivity index (χ1) is 9.29. The van der Waals surface area contributed by atoms with Gasteiger partial charge in [-0.2, -0.15) is 0 Å². The molecule has 19 heavy (non-hydrogen) atoms. The lowest BCUT2D eigenvalue weighted by Gasteiger charge is -2.15. The molecule has 3 heteroatoms. The number of para-hydroxylation sites is 1. The molecule has 102 valence electrons. The molecular weight excluding hydrogens is 238 g/mol. The quantitative estimate of drug-likeness (QED) is 0.827. The van der Waals surface area contributed by atoms with Gasteiger partial charge in [-0.1, -0.05) is 18.2 Å². The van der Waals surface area contributed by atoms with Crippen LogP contribution in [0.25, 0.3) is 0 Å². The zero-order valence-corrected chi connectivity index (χ0v) is 11.6. The topological polar surface area (TPSA) is 34.4 Å². The van der Waals surface area contributed by atoms with Gasteiger partial charge in [0, 0.05) is 24.6 Å². The smallest absolute Gasteiger partial charge is 0.123 e. The van der Waals surface area contributed by atoms with Crippen LogP contribution in [0.1, 0.15) is 25.2 Å². The highest BCUT2D eigenvalue weighted by Gasteiger charge is 2.07. The van der Waals surface area contributed by atoms with E-state index in [0.717, 1.165) is 24.5 Å². The molecule has 0 aliphatic heterocycles. The molecule has 1 atom stereocenters. The van der Waals surface area contributed by atoms with Crippen LogP contribution in [0.3, 0.4) is 0 Å². The van der Waals surface area contributed by atoms with Crippen molar-refractivity contribution >= 4 is 0 Å². The normalized spacial score (nSPS) is 12.3. The van der Waals surface area contributed by atoms with Crippen molar-refractivity contribution < 1.29 is 9.15 Å². The third-order valence-corrected chi connectivity index (χ3v) is 3.00. The van der Waals surface area contributed by atoms with Crippen molar-refractivity contribution in [3.8, 4) is 5.75 Å². The molecule has 0 fully saturated rings. The van der Waals surface area contributed by atoms with Gasteiger partial charge in [-0.15, -0.1) is 0 Å². The minimum Gasteiger partial charge on any atom is -0.494 e. The molecule has 0 amide bonds. The average Bonchev–Trinajstić information content (AvgIpc) is 2.91. The van der Waals surface area contributed by atoms with E-state index in [4.69, 9.17) is 9.15 Å². The molecule has 0 bridgehead atoms. The van der Waals surface area contributed by atoms with Crippen molar-refractivity contribution in [2.75, 3.05) is 6.61 Å². The van der Waals surface area contributed by atoms with E-state index in [-0.39, 0.29) is 0 Å². The number of hydrogen-bond donors (Lipinski definition) is 1. The Kier molecular flexibility index (Phi) is 5.04. The molecule has 0 saturated carbocycles.